The van der Waals surface area contributed by atoms with Crippen molar-refractivity contribution >= 4 is 5.91 Å². The Bertz CT molecular complexity index is 286. The van der Waals surface area contributed by atoms with Crippen LogP contribution in [0.2, 0.25) is 0 Å². The van der Waals surface area contributed by atoms with Crippen molar-refractivity contribution in [2.45, 2.75) is 43.9 Å². The molecule has 1 rings (SSSR count). The highest BCUT2D eigenvalue weighted by Gasteiger charge is 2.52. The molecule has 100 valence electrons. The normalized spacial score (nSPS) is 29.0. The molecule has 4 nitrogen and oxygen atoms in total. The van der Waals surface area contributed by atoms with Crippen LogP contribution in [0.25, 0.3) is 0 Å². The Kier molecular flexibility index (Phi) is 4.31. The highest BCUT2D eigenvalue weighted by Crippen LogP contribution is 2.27. The summed E-state index contributed by atoms with van der Waals surface area (Å²) in [4.78, 5) is 11.0. The van der Waals surface area contributed by atoms with Crippen LogP contribution in [0.1, 0.15) is 13.3 Å². The van der Waals surface area contributed by atoms with E-state index < -0.39 is 36.4 Å². The van der Waals surface area contributed by atoms with Crippen LogP contribution in [-0.2, 0) is 9.53 Å². The van der Waals surface area contributed by atoms with E-state index in [1.165, 1.54) is 0 Å². The van der Waals surface area contributed by atoms with E-state index in [1.54, 1.807) is 12.2 Å². The monoisotopic (exact) mass is 258 g/mol. The lowest BCUT2D eigenvalue weighted by Crippen LogP contribution is -2.66. The molecule has 8 heteroatoms. The lowest BCUT2D eigenvalue weighted by Gasteiger charge is -2.42. The zero-order valence-corrected chi connectivity index (χ0v) is 9.13. The quantitative estimate of drug-likeness (QED) is 0.706. The Balaban J connectivity index is 2.56. The summed E-state index contributed by atoms with van der Waals surface area (Å²) in [5, 5.41) is 1.80. The van der Waals surface area contributed by atoms with Crippen molar-refractivity contribution < 1.29 is 27.1 Å². The fourth-order valence-corrected chi connectivity index (χ4v) is 1.57. The molecule has 0 aromatic heterocycles. The number of alkyl halides is 4. The number of rotatable bonds is 5. The zero-order valence-electron chi connectivity index (χ0n) is 9.13. The van der Waals surface area contributed by atoms with Gasteiger partial charge in [-0.1, -0.05) is 0 Å². The van der Waals surface area contributed by atoms with Gasteiger partial charge >= 0.3 is 12.3 Å². The maximum absolute atomic E-state index is 12.7. The SMILES string of the molecule is CCOC1CC(N)C1NC(=O)C(F)(F)C(F)F. The first-order chi connectivity index (χ1) is 7.80. The Morgan fingerprint density at radius 1 is 1.59 bits per heavy atom. The summed E-state index contributed by atoms with van der Waals surface area (Å²) in [6.07, 6.45) is -4.13. The number of hydrogen-bond acceptors (Lipinski definition) is 3. The Hall–Kier alpha value is -0.890. The molecule has 3 N–H and O–H groups in total. The molecular formula is C9H14F4N2O2. The molecule has 0 aliphatic heterocycles. The van der Waals surface area contributed by atoms with Gasteiger partial charge in [-0.25, -0.2) is 8.78 Å². The first-order valence-corrected chi connectivity index (χ1v) is 5.14. The van der Waals surface area contributed by atoms with E-state index in [-0.39, 0.29) is 0 Å². The number of nitrogens with one attached hydrogen (secondary N) is 1. The Morgan fingerprint density at radius 3 is 2.59 bits per heavy atom. The van der Waals surface area contributed by atoms with Gasteiger partial charge in [-0.15, -0.1) is 0 Å². The second-order valence-corrected chi connectivity index (χ2v) is 3.82. The van der Waals surface area contributed by atoms with Gasteiger partial charge < -0.3 is 15.8 Å². The first-order valence-electron chi connectivity index (χ1n) is 5.14. The van der Waals surface area contributed by atoms with Gasteiger partial charge in [-0.05, 0) is 13.3 Å². The molecule has 0 aromatic carbocycles. The van der Waals surface area contributed by atoms with Gasteiger partial charge in [0.1, 0.15) is 0 Å². The molecule has 0 spiro atoms. The van der Waals surface area contributed by atoms with Crippen molar-refractivity contribution in [3.05, 3.63) is 0 Å². The van der Waals surface area contributed by atoms with Crippen molar-refractivity contribution in [3.8, 4) is 0 Å². The summed E-state index contributed by atoms with van der Waals surface area (Å²) in [5.74, 6) is -6.72. The fraction of sp³-hybridized carbons (Fsp3) is 0.889. The minimum atomic E-state index is -4.70. The van der Waals surface area contributed by atoms with Crippen molar-refractivity contribution in [2.75, 3.05) is 6.61 Å². The number of nitrogens with two attached hydrogens (primary N) is 1. The molecule has 1 fully saturated rings. The molecular weight excluding hydrogens is 244 g/mol. The first kappa shape index (κ1) is 14.2. The number of hydrogen-bond donors (Lipinski definition) is 2. The molecule has 1 aliphatic rings. The molecule has 0 aromatic rings. The maximum atomic E-state index is 12.7. The van der Waals surface area contributed by atoms with E-state index in [0.717, 1.165) is 0 Å². The fourth-order valence-electron chi connectivity index (χ4n) is 1.57. The Morgan fingerprint density at radius 2 is 2.18 bits per heavy atom. The van der Waals surface area contributed by atoms with Crippen molar-refractivity contribution in [3.63, 3.8) is 0 Å². The van der Waals surface area contributed by atoms with Crippen LogP contribution in [0.3, 0.4) is 0 Å². The number of ether oxygens (including phenoxy) is 1. The summed E-state index contributed by atoms with van der Waals surface area (Å²) in [7, 11) is 0. The number of amides is 1. The summed E-state index contributed by atoms with van der Waals surface area (Å²) in [6, 6.07) is -1.39. The molecule has 3 unspecified atom stereocenters. The lowest BCUT2D eigenvalue weighted by molar-refractivity contribution is -0.173. The smallest absolute Gasteiger partial charge is 0.376 e. The lowest BCUT2D eigenvalue weighted by atomic mass is 9.83. The molecule has 0 heterocycles. The average molecular weight is 258 g/mol. The standard InChI is InChI=1S/C9H14F4N2O2/c1-2-17-5-3-4(14)6(5)15-8(16)9(12,13)7(10)11/h4-7H,2-3,14H2,1H3,(H,15,16). The predicted molar refractivity (Wildman–Crippen MR) is 50.9 cm³/mol. The third-order valence-corrected chi connectivity index (χ3v) is 2.62. The van der Waals surface area contributed by atoms with Gasteiger partial charge in [-0.2, -0.15) is 8.78 Å². The third kappa shape index (κ3) is 2.86. The number of carbonyl (C=O) groups is 1. The number of halogens is 4. The predicted octanol–water partition coefficient (Wildman–Crippen LogP) is 0.508. The van der Waals surface area contributed by atoms with Crippen molar-refractivity contribution in [1.29, 1.82) is 0 Å². The third-order valence-electron chi connectivity index (χ3n) is 2.62. The molecule has 1 saturated carbocycles. The van der Waals surface area contributed by atoms with E-state index >= 15 is 0 Å². The summed E-state index contributed by atoms with van der Waals surface area (Å²) in [6.45, 7) is 2.02. The van der Waals surface area contributed by atoms with Gasteiger partial charge in [0.05, 0.1) is 12.1 Å². The minimum absolute atomic E-state index is 0.328. The molecule has 3 atom stereocenters. The van der Waals surface area contributed by atoms with Crippen LogP contribution in [0.15, 0.2) is 0 Å². The second kappa shape index (κ2) is 5.18. The van der Waals surface area contributed by atoms with E-state index in [9.17, 15) is 22.4 Å². The summed E-state index contributed by atoms with van der Waals surface area (Å²) in [5.41, 5.74) is 5.48. The van der Waals surface area contributed by atoms with E-state index in [0.29, 0.717) is 13.0 Å². The largest absolute Gasteiger partial charge is 0.383 e. The topological polar surface area (TPSA) is 64.3 Å². The van der Waals surface area contributed by atoms with Crippen LogP contribution < -0.4 is 11.1 Å². The average Bonchev–Trinajstić information content (AvgIpc) is 2.25. The zero-order chi connectivity index (χ0) is 13.2. The van der Waals surface area contributed by atoms with Gasteiger partial charge in [0.2, 0.25) is 0 Å². The number of carbonyl (C=O) groups excluding carboxylic acids is 1. The molecule has 0 bridgehead atoms. The van der Waals surface area contributed by atoms with E-state index in [4.69, 9.17) is 10.5 Å². The van der Waals surface area contributed by atoms with E-state index in [1.807, 2.05) is 0 Å². The van der Waals surface area contributed by atoms with E-state index in [2.05, 4.69) is 0 Å². The highest BCUT2D eigenvalue weighted by atomic mass is 19.3. The van der Waals surface area contributed by atoms with Crippen molar-refractivity contribution in [1.82, 2.24) is 5.32 Å². The highest BCUT2D eigenvalue weighted by molar-refractivity contribution is 5.84. The van der Waals surface area contributed by atoms with Gasteiger partial charge in [0.15, 0.2) is 0 Å². The van der Waals surface area contributed by atoms with Crippen LogP contribution in [0.5, 0.6) is 0 Å². The van der Waals surface area contributed by atoms with Gasteiger partial charge in [0, 0.05) is 12.6 Å². The molecule has 0 radical (unpaired) electrons. The molecule has 17 heavy (non-hydrogen) atoms. The molecule has 0 saturated heterocycles. The van der Waals surface area contributed by atoms with Crippen LogP contribution in [0.4, 0.5) is 17.6 Å². The second-order valence-electron chi connectivity index (χ2n) is 3.82. The van der Waals surface area contributed by atoms with Crippen molar-refractivity contribution in [2.24, 2.45) is 5.73 Å². The van der Waals surface area contributed by atoms with Gasteiger partial charge in [-0.3, -0.25) is 4.79 Å². The van der Waals surface area contributed by atoms with Gasteiger partial charge in [0.25, 0.3) is 5.91 Å². The van der Waals surface area contributed by atoms with Crippen LogP contribution >= 0.6 is 0 Å². The minimum Gasteiger partial charge on any atom is -0.376 e. The Labute approximate surface area is 95.5 Å². The summed E-state index contributed by atoms with van der Waals surface area (Å²) >= 11 is 0. The maximum Gasteiger partial charge on any atom is 0.383 e. The van der Waals surface area contributed by atoms with Crippen LogP contribution in [-0.4, -0.2) is 43.0 Å². The summed E-state index contributed by atoms with van der Waals surface area (Å²) < 4.78 is 54.2. The molecule has 1 aliphatic carbocycles. The molecule has 1 amide bonds. The van der Waals surface area contributed by atoms with Crippen LogP contribution in [0, 0.1) is 0 Å².